The monoisotopic (exact) mass is 645 g/mol. The maximum absolute atomic E-state index is 13.6. The Labute approximate surface area is 273 Å². The van der Waals surface area contributed by atoms with E-state index in [4.69, 9.17) is 20.2 Å². The van der Waals surface area contributed by atoms with Gasteiger partial charge in [0.25, 0.3) is 17.7 Å². The third-order valence-electron chi connectivity index (χ3n) is 6.74. The highest BCUT2D eigenvalue weighted by molar-refractivity contribution is 8.19. The molecule has 4 aromatic carbocycles. The number of rotatable bonds is 10. The standard InChI is InChI=1S/C34H27N7O5S/c1-45-27-19-22(20-28-33(44)40(24-13-7-3-8-14-24)34(47-28)36-23-11-5-2-6-12-23)17-18-26(27)46-21-29(42)37-32-30(31(35)43)38-41(39-32)25-15-9-4-10-16-25/h2-20H,21H2,1H3,(H2,35,43)(H,37,39,42). The molecular formula is C34H27N7O5S. The van der Waals surface area contributed by atoms with Gasteiger partial charge in [0.2, 0.25) is 0 Å². The van der Waals surface area contributed by atoms with E-state index >= 15 is 0 Å². The number of benzene rings is 4. The van der Waals surface area contributed by atoms with Crippen LogP contribution in [0.25, 0.3) is 11.8 Å². The van der Waals surface area contributed by atoms with Crippen LogP contribution in [0.3, 0.4) is 0 Å². The molecule has 234 valence electrons. The van der Waals surface area contributed by atoms with Crippen molar-refractivity contribution in [3.63, 3.8) is 0 Å². The molecule has 0 atom stereocenters. The van der Waals surface area contributed by atoms with E-state index in [0.717, 1.165) is 5.69 Å². The van der Waals surface area contributed by atoms with Crippen molar-refractivity contribution < 1.29 is 23.9 Å². The molecule has 1 saturated heterocycles. The second-order valence-electron chi connectivity index (χ2n) is 9.95. The Morgan fingerprint density at radius 1 is 0.894 bits per heavy atom. The Hall–Kier alpha value is -6.21. The van der Waals surface area contributed by atoms with E-state index in [1.54, 1.807) is 53.4 Å². The molecule has 12 nitrogen and oxygen atoms in total. The molecule has 0 saturated carbocycles. The maximum Gasteiger partial charge on any atom is 0.273 e. The minimum absolute atomic E-state index is 0.0951. The lowest BCUT2D eigenvalue weighted by Gasteiger charge is -2.15. The van der Waals surface area contributed by atoms with Crippen LogP contribution in [0.4, 0.5) is 17.2 Å². The van der Waals surface area contributed by atoms with Gasteiger partial charge >= 0.3 is 0 Å². The van der Waals surface area contributed by atoms with Crippen LogP contribution in [0.2, 0.25) is 0 Å². The predicted octanol–water partition coefficient (Wildman–Crippen LogP) is 5.20. The van der Waals surface area contributed by atoms with Crippen molar-refractivity contribution >= 4 is 57.9 Å². The Bertz CT molecular complexity index is 2000. The fourth-order valence-electron chi connectivity index (χ4n) is 4.56. The maximum atomic E-state index is 13.6. The second-order valence-corrected chi connectivity index (χ2v) is 11.0. The van der Waals surface area contributed by atoms with Crippen molar-refractivity contribution in [1.82, 2.24) is 15.0 Å². The molecule has 0 spiro atoms. The molecule has 0 unspecified atom stereocenters. The number of anilines is 2. The Morgan fingerprint density at radius 2 is 1.55 bits per heavy atom. The first-order valence-electron chi connectivity index (χ1n) is 14.3. The average Bonchev–Trinajstić information content (AvgIpc) is 3.65. The zero-order valence-electron chi connectivity index (χ0n) is 24.9. The summed E-state index contributed by atoms with van der Waals surface area (Å²) in [6, 6.07) is 32.7. The van der Waals surface area contributed by atoms with Gasteiger partial charge < -0.3 is 20.5 Å². The Kier molecular flexibility index (Phi) is 9.06. The summed E-state index contributed by atoms with van der Waals surface area (Å²) in [6.07, 6.45) is 1.75. The van der Waals surface area contributed by atoms with Gasteiger partial charge in [0, 0.05) is 0 Å². The van der Waals surface area contributed by atoms with Crippen LogP contribution in [0, 0.1) is 0 Å². The van der Waals surface area contributed by atoms with Gasteiger partial charge in [0.1, 0.15) is 0 Å². The van der Waals surface area contributed by atoms with E-state index in [9.17, 15) is 14.4 Å². The highest BCUT2D eigenvalue weighted by Gasteiger charge is 2.34. The van der Waals surface area contributed by atoms with Gasteiger partial charge in [-0.25, -0.2) is 4.99 Å². The number of nitrogens with one attached hydrogen (secondary N) is 1. The van der Waals surface area contributed by atoms with Crippen LogP contribution < -0.4 is 25.4 Å². The van der Waals surface area contributed by atoms with Crippen molar-refractivity contribution in [1.29, 1.82) is 0 Å². The first-order valence-corrected chi connectivity index (χ1v) is 15.1. The molecule has 2 heterocycles. The summed E-state index contributed by atoms with van der Waals surface area (Å²) in [6.45, 7) is -0.424. The molecule has 13 heteroatoms. The molecule has 1 fully saturated rings. The van der Waals surface area contributed by atoms with E-state index in [1.807, 2.05) is 66.7 Å². The summed E-state index contributed by atoms with van der Waals surface area (Å²) in [5.41, 5.74) is 7.94. The topological polar surface area (TPSA) is 154 Å². The normalized spacial score (nSPS) is 14.4. The average molecular weight is 646 g/mol. The first-order chi connectivity index (χ1) is 22.9. The van der Waals surface area contributed by atoms with Gasteiger partial charge in [0.05, 0.1) is 29.1 Å². The number of hydrogen-bond acceptors (Lipinski definition) is 9. The molecule has 1 aliphatic rings. The van der Waals surface area contributed by atoms with Crippen molar-refractivity contribution in [3.05, 3.63) is 125 Å². The number of aromatic nitrogens is 3. The van der Waals surface area contributed by atoms with E-state index in [-0.39, 0.29) is 23.2 Å². The van der Waals surface area contributed by atoms with Crippen LogP contribution in [-0.2, 0) is 9.59 Å². The van der Waals surface area contributed by atoms with E-state index in [0.29, 0.717) is 32.8 Å². The van der Waals surface area contributed by atoms with Crippen LogP contribution in [0.1, 0.15) is 16.1 Å². The highest BCUT2D eigenvalue weighted by atomic mass is 32.2. The Morgan fingerprint density at radius 3 is 2.21 bits per heavy atom. The molecule has 47 heavy (non-hydrogen) atoms. The lowest BCUT2D eigenvalue weighted by molar-refractivity contribution is -0.118. The van der Waals surface area contributed by atoms with E-state index in [2.05, 4.69) is 15.5 Å². The third-order valence-corrected chi connectivity index (χ3v) is 7.71. The number of amides is 3. The summed E-state index contributed by atoms with van der Waals surface area (Å²) < 4.78 is 11.3. The zero-order valence-corrected chi connectivity index (χ0v) is 25.8. The van der Waals surface area contributed by atoms with Gasteiger partial charge in [-0.3, -0.25) is 19.3 Å². The van der Waals surface area contributed by atoms with Crippen LogP contribution >= 0.6 is 11.8 Å². The van der Waals surface area contributed by atoms with Gasteiger partial charge in [-0.15, -0.1) is 15.0 Å². The third kappa shape index (κ3) is 7.05. The van der Waals surface area contributed by atoms with Gasteiger partial charge in [0.15, 0.2) is 34.8 Å². The van der Waals surface area contributed by atoms with Crippen LogP contribution in [-0.4, -0.2) is 51.6 Å². The predicted molar refractivity (Wildman–Crippen MR) is 180 cm³/mol. The van der Waals surface area contributed by atoms with Crippen molar-refractivity contribution in [2.75, 3.05) is 23.9 Å². The molecule has 5 aromatic rings. The zero-order chi connectivity index (χ0) is 32.8. The SMILES string of the molecule is COc1cc(C=C2SC(=Nc3ccccc3)N(c3ccccc3)C2=O)ccc1OCC(=O)Nc1nn(-c2ccccc2)nc1C(N)=O. The van der Waals surface area contributed by atoms with Crippen molar-refractivity contribution in [2.24, 2.45) is 10.7 Å². The molecule has 0 radical (unpaired) electrons. The number of amidine groups is 1. The van der Waals surface area contributed by atoms with Crippen LogP contribution in [0.15, 0.2) is 119 Å². The fraction of sp³-hybridized carbons (Fsp3) is 0.0588. The van der Waals surface area contributed by atoms with E-state index < -0.39 is 18.4 Å². The summed E-state index contributed by atoms with van der Waals surface area (Å²) in [4.78, 5) is 46.3. The number of aliphatic imine (C=N–C) groups is 1. The second kappa shape index (κ2) is 13.8. The molecule has 6 rings (SSSR count). The summed E-state index contributed by atoms with van der Waals surface area (Å²) in [7, 11) is 1.47. The number of methoxy groups -OCH3 is 1. The highest BCUT2D eigenvalue weighted by Crippen LogP contribution is 2.38. The number of ether oxygens (including phenoxy) is 2. The number of primary amides is 1. The van der Waals surface area contributed by atoms with Gasteiger partial charge in [-0.2, -0.15) is 0 Å². The number of hydrogen-bond donors (Lipinski definition) is 2. The smallest absolute Gasteiger partial charge is 0.273 e. The molecule has 3 N–H and O–H groups in total. The molecule has 3 amide bonds. The first kappa shape index (κ1) is 30.8. The number of nitrogens with zero attached hydrogens (tertiary/aromatic N) is 5. The molecule has 0 bridgehead atoms. The van der Waals surface area contributed by atoms with Gasteiger partial charge in [-0.05, 0) is 71.9 Å². The van der Waals surface area contributed by atoms with Gasteiger partial charge in [-0.1, -0.05) is 60.7 Å². The Balaban J connectivity index is 1.18. The largest absolute Gasteiger partial charge is 0.493 e. The minimum atomic E-state index is -0.848. The molecule has 1 aromatic heterocycles. The number of carbonyl (C=O) groups excluding carboxylic acids is 3. The van der Waals surface area contributed by atoms with E-state index in [1.165, 1.54) is 23.7 Å². The number of nitrogens with two attached hydrogens (primary N) is 1. The quantitative estimate of drug-likeness (QED) is 0.197. The number of para-hydroxylation sites is 3. The summed E-state index contributed by atoms with van der Waals surface area (Å²) in [5.74, 6) is -1.13. The lowest BCUT2D eigenvalue weighted by Crippen LogP contribution is -2.28. The van der Waals surface area contributed by atoms with Crippen molar-refractivity contribution in [3.8, 4) is 17.2 Å². The fourth-order valence-corrected chi connectivity index (χ4v) is 5.56. The number of thioether (sulfide) groups is 1. The lowest BCUT2D eigenvalue weighted by atomic mass is 10.2. The molecular weight excluding hydrogens is 618 g/mol. The number of carbonyl (C=O) groups is 3. The summed E-state index contributed by atoms with van der Waals surface area (Å²) in [5, 5.41) is 11.3. The summed E-state index contributed by atoms with van der Waals surface area (Å²) >= 11 is 1.26. The van der Waals surface area contributed by atoms with Crippen molar-refractivity contribution in [2.45, 2.75) is 0 Å². The minimum Gasteiger partial charge on any atom is -0.493 e. The van der Waals surface area contributed by atoms with Crippen LogP contribution in [0.5, 0.6) is 11.5 Å². The molecule has 1 aliphatic heterocycles. The molecule has 0 aliphatic carbocycles.